The second-order valence-corrected chi connectivity index (χ2v) is 7.86. The molecule has 1 saturated heterocycles. The van der Waals surface area contributed by atoms with Crippen molar-refractivity contribution >= 4 is 23.4 Å². The first-order valence-electron chi connectivity index (χ1n) is 10.1. The van der Waals surface area contributed by atoms with E-state index < -0.39 is 0 Å². The van der Waals surface area contributed by atoms with Gasteiger partial charge in [0.05, 0.1) is 0 Å². The molecule has 0 atom stereocenters. The molecule has 1 saturated carbocycles. The van der Waals surface area contributed by atoms with Crippen molar-refractivity contribution < 1.29 is 14.3 Å². The van der Waals surface area contributed by atoms with Gasteiger partial charge in [0.2, 0.25) is 5.91 Å². The molecule has 27 heavy (non-hydrogen) atoms. The van der Waals surface area contributed by atoms with Crippen LogP contribution >= 0.6 is 11.6 Å². The minimum absolute atomic E-state index is 0.0249. The van der Waals surface area contributed by atoms with Crippen molar-refractivity contribution in [1.82, 2.24) is 9.80 Å². The predicted octanol–water partition coefficient (Wildman–Crippen LogP) is 3.85. The van der Waals surface area contributed by atoms with Crippen LogP contribution in [0.15, 0.2) is 18.2 Å². The third-order valence-electron chi connectivity index (χ3n) is 5.66. The highest BCUT2D eigenvalue weighted by atomic mass is 35.5. The number of rotatable bonds is 5. The molecule has 0 aromatic heterocycles. The standard InChI is InChI=1S/C21H29ClN2O3/c1-2-20(25)23-10-12-24(13-11-23)21(26)15-27-19-9-8-17(22)14-18(19)16-6-4-3-5-7-16/h8-9,14,16H,2-7,10-13,15H2,1H3. The molecule has 5 nitrogen and oxygen atoms in total. The van der Waals surface area contributed by atoms with Crippen molar-refractivity contribution in [3.05, 3.63) is 28.8 Å². The Kier molecular flexibility index (Phi) is 7.00. The van der Waals surface area contributed by atoms with Crippen LogP contribution in [-0.2, 0) is 9.59 Å². The van der Waals surface area contributed by atoms with E-state index in [0.29, 0.717) is 43.5 Å². The molecule has 2 amide bonds. The summed E-state index contributed by atoms with van der Waals surface area (Å²) in [7, 11) is 0. The second-order valence-electron chi connectivity index (χ2n) is 7.42. The fraction of sp³-hybridized carbons (Fsp3) is 0.619. The van der Waals surface area contributed by atoms with Crippen LogP contribution in [0.2, 0.25) is 5.02 Å². The van der Waals surface area contributed by atoms with Gasteiger partial charge in [0.15, 0.2) is 6.61 Å². The largest absolute Gasteiger partial charge is 0.483 e. The van der Waals surface area contributed by atoms with Gasteiger partial charge in [-0.25, -0.2) is 0 Å². The SMILES string of the molecule is CCC(=O)N1CCN(C(=O)COc2ccc(Cl)cc2C2CCCCC2)CC1. The predicted molar refractivity (Wildman–Crippen MR) is 106 cm³/mol. The molecule has 0 spiro atoms. The number of ether oxygens (including phenoxy) is 1. The zero-order chi connectivity index (χ0) is 19.2. The summed E-state index contributed by atoms with van der Waals surface area (Å²) in [5.41, 5.74) is 1.13. The number of carbonyl (C=O) groups is 2. The third-order valence-corrected chi connectivity index (χ3v) is 5.89. The van der Waals surface area contributed by atoms with Crippen LogP contribution in [0.25, 0.3) is 0 Å². The van der Waals surface area contributed by atoms with Gasteiger partial charge in [0.1, 0.15) is 5.75 Å². The average Bonchev–Trinajstić information content (AvgIpc) is 2.72. The van der Waals surface area contributed by atoms with Gasteiger partial charge >= 0.3 is 0 Å². The lowest BCUT2D eigenvalue weighted by Gasteiger charge is -2.34. The van der Waals surface area contributed by atoms with E-state index in [2.05, 4.69) is 0 Å². The van der Waals surface area contributed by atoms with Crippen LogP contribution < -0.4 is 4.74 Å². The van der Waals surface area contributed by atoms with Crippen molar-refractivity contribution in [2.45, 2.75) is 51.4 Å². The summed E-state index contributed by atoms with van der Waals surface area (Å²) < 4.78 is 5.93. The summed E-state index contributed by atoms with van der Waals surface area (Å²) in [6.07, 6.45) is 6.57. The molecule has 1 aromatic rings. The van der Waals surface area contributed by atoms with E-state index in [0.717, 1.165) is 24.2 Å². The first kappa shape index (κ1) is 20.0. The number of amides is 2. The number of hydrogen-bond acceptors (Lipinski definition) is 3. The number of benzene rings is 1. The molecule has 1 aliphatic heterocycles. The topological polar surface area (TPSA) is 49.9 Å². The second kappa shape index (κ2) is 9.45. The molecular weight excluding hydrogens is 364 g/mol. The first-order valence-corrected chi connectivity index (χ1v) is 10.4. The zero-order valence-corrected chi connectivity index (χ0v) is 16.8. The van der Waals surface area contributed by atoms with Gasteiger partial charge in [-0.05, 0) is 42.5 Å². The van der Waals surface area contributed by atoms with Crippen LogP contribution in [0, 0.1) is 0 Å². The minimum atomic E-state index is -0.0249. The summed E-state index contributed by atoms with van der Waals surface area (Å²) in [6.45, 7) is 4.25. The van der Waals surface area contributed by atoms with Crippen molar-refractivity contribution in [2.24, 2.45) is 0 Å². The highest BCUT2D eigenvalue weighted by Gasteiger charge is 2.24. The Bertz CT molecular complexity index is 665. The smallest absolute Gasteiger partial charge is 0.260 e. The molecule has 1 aromatic carbocycles. The lowest BCUT2D eigenvalue weighted by atomic mass is 9.84. The van der Waals surface area contributed by atoms with Gasteiger partial charge in [0.25, 0.3) is 5.91 Å². The summed E-state index contributed by atoms with van der Waals surface area (Å²) in [6, 6.07) is 5.70. The molecule has 0 N–H and O–H groups in total. The van der Waals surface area contributed by atoms with Crippen LogP contribution in [0.1, 0.15) is 56.9 Å². The first-order chi connectivity index (χ1) is 13.1. The Balaban J connectivity index is 1.57. The monoisotopic (exact) mass is 392 g/mol. The van der Waals surface area contributed by atoms with Gasteiger partial charge in [-0.1, -0.05) is 37.8 Å². The van der Waals surface area contributed by atoms with E-state index in [1.54, 1.807) is 4.90 Å². The molecule has 1 heterocycles. The van der Waals surface area contributed by atoms with E-state index in [1.807, 2.05) is 30.0 Å². The van der Waals surface area contributed by atoms with E-state index >= 15 is 0 Å². The van der Waals surface area contributed by atoms with Gasteiger partial charge in [-0.15, -0.1) is 0 Å². The summed E-state index contributed by atoms with van der Waals surface area (Å²) in [4.78, 5) is 27.9. The Morgan fingerprint density at radius 1 is 1.04 bits per heavy atom. The maximum absolute atomic E-state index is 12.5. The van der Waals surface area contributed by atoms with Crippen molar-refractivity contribution in [3.63, 3.8) is 0 Å². The summed E-state index contributed by atoms with van der Waals surface area (Å²) in [5.74, 6) is 1.37. The summed E-state index contributed by atoms with van der Waals surface area (Å²) in [5, 5.41) is 0.714. The molecule has 0 bridgehead atoms. The van der Waals surface area contributed by atoms with Crippen molar-refractivity contribution in [2.75, 3.05) is 32.8 Å². The molecule has 148 valence electrons. The van der Waals surface area contributed by atoms with Crippen LogP contribution in [0.3, 0.4) is 0 Å². The zero-order valence-electron chi connectivity index (χ0n) is 16.1. The molecular formula is C21H29ClN2O3. The number of carbonyl (C=O) groups excluding carboxylic acids is 2. The van der Waals surface area contributed by atoms with Crippen molar-refractivity contribution in [1.29, 1.82) is 0 Å². The maximum atomic E-state index is 12.5. The molecule has 0 radical (unpaired) electrons. The molecule has 1 aliphatic carbocycles. The quantitative estimate of drug-likeness (QED) is 0.764. The Labute approximate surface area is 166 Å². The fourth-order valence-electron chi connectivity index (χ4n) is 4.04. The van der Waals surface area contributed by atoms with Gasteiger partial charge in [0, 0.05) is 37.6 Å². The van der Waals surface area contributed by atoms with E-state index in [4.69, 9.17) is 16.3 Å². The number of halogens is 1. The van der Waals surface area contributed by atoms with Gasteiger partial charge < -0.3 is 14.5 Å². The molecule has 6 heteroatoms. The van der Waals surface area contributed by atoms with E-state index in [1.165, 1.54) is 19.3 Å². The normalized spacial score (nSPS) is 18.4. The average molecular weight is 393 g/mol. The number of piperazine rings is 1. The highest BCUT2D eigenvalue weighted by Crippen LogP contribution is 2.38. The minimum Gasteiger partial charge on any atom is -0.483 e. The maximum Gasteiger partial charge on any atom is 0.260 e. The number of nitrogens with zero attached hydrogens (tertiary/aromatic N) is 2. The number of hydrogen-bond donors (Lipinski definition) is 0. The Hall–Kier alpha value is -1.75. The van der Waals surface area contributed by atoms with Crippen LogP contribution in [0.5, 0.6) is 5.75 Å². The third kappa shape index (κ3) is 5.16. The van der Waals surface area contributed by atoms with Gasteiger partial charge in [-0.2, -0.15) is 0 Å². The van der Waals surface area contributed by atoms with E-state index in [-0.39, 0.29) is 18.4 Å². The molecule has 2 fully saturated rings. The summed E-state index contributed by atoms with van der Waals surface area (Å²) >= 11 is 6.21. The van der Waals surface area contributed by atoms with Gasteiger partial charge in [-0.3, -0.25) is 9.59 Å². The van der Waals surface area contributed by atoms with Crippen LogP contribution in [0.4, 0.5) is 0 Å². The van der Waals surface area contributed by atoms with E-state index in [9.17, 15) is 9.59 Å². The molecule has 2 aliphatic rings. The van der Waals surface area contributed by atoms with Crippen LogP contribution in [-0.4, -0.2) is 54.4 Å². The Morgan fingerprint density at radius 3 is 2.30 bits per heavy atom. The highest BCUT2D eigenvalue weighted by molar-refractivity contribution is 6.30. The molecule has 0 unspecified atom stereocenters. The molecule has 3 rings (SSSR count). The fourth-order valence-corrected chi connectivity index (χ4v) is 4.22. The lowest BCUT2D eigenvalue weighted by Crippen LogP contribution is -2.51. The lowest BCUT2D eigenvalue weighted by molar-refractivity contribution is -0.140. The van der Waals surface area contributed by atoms with Crippen molar-refractivity contribution in [3.8, 4) is 5.75 Å². The Morgan fingerprint density at radius 2 is 1.67 bits per heavy atom.